The van der Waals surface area contributed by atoms with Crippen molar-refractivity contribution >= 4 is 37.6 Å². The summed E-state index contributed by atoms with van der Waals surface area (Å²) in [6.45, 7) is 1.64. The summed E-state index contributed by atoms with van der Waals surface area (Å²) in [7, 11) is -3.75. The molecule has 0 heterocycles. The fraction of sp³-hybridized carbons (Fsp3) is 0.143. The topological polar surface area (TPSA) is 46.2 Å². The van der Waals surface area contributed by atoms with E-state index in [2.05, 4.69) is 20.7 Å². The van der Waals surface area contributed by atoms with E-state index in [0.29, 0.717) is 15.6 Å². The minimum Gasteiger partial charge on any atom is -0.207 e. The summed E-state index contributed by atoms with van der Waals surface area (Å²) in [5.74, 6) is -0.367. The Morgan fingerprint density at radius 1 is 1.24 bits per heavy atom. The van der Waals surface area contributed by atoms with Gasteiger partial charge in [0.05, 0.1) is 5.02 Å². The van der Waals surface area contributed by atoms with E-state index in [1.807, 2.05) is 0 Å². The Morgan fingerprint density at radius 2 is 1.95 bits per heavy atom. The average molecular weight is 393 g/mol. The van der Waals surface area contributed by atoms with E-state index in [1.54, 1.807) is 25.1 Å². The van der Waals surface area contributed by atoms with Gasteiger partial charge in [0.25, 0.3) is 0 Å². The van der Waals surface area contributed by atoms with Crippen LogP contribution in [-0.4, -0.2) is 8.42 Å². The van der Waals surface area contributed by atoms with Crippen LogP contribution in [0.4, 0.5) is 4.39 Å². The molecule has 0 aliphatic rings. The molecule has 0 bridgehead atoms. The Hall–Kier alpha value is -0.950. The summed E-state index contributed by atoms with van der Waals surface area (Å²) < 4.78 is 40.9. The SMILES string of the molecule is Cc1ccc(CNS(=O)(=O)c2ccc(Br)cc2Cl)cc1F. The minimum atomic E-state index is -3.75. The lowest BCUT2D eigenvalue weighted by Gasteiger charge is -2.09. The molecule has 0 fully saturated rings. The van der Waals surface area contributed by atoms with Gasteiger partial charge in [0.2, 0.25) is 10.0 Å². The molecule has 112 valence electrons. The van der Waals surface area contributed by atoms with Crippen LogP contribution in [0.5, 0.6) is 0 Å². The fourth-order valence-corrected chi connectivity index (χ4v) is 3.75. The highest BCUT2D eigenvalue weighted by Crippen LogP contribution is 2.25. The van der Waals surface area contributed by atoms with Crippen LogP contribution in [0.1, 0.15) is 11.1 Å². The van der Waals surface area contributed by atoms with Gasteiger partial charge < -0.3 is 0 Å². The number of nitrogens with one attached hydrogen (secondary N) is 1. The van der Waals surface area contributed by atoms with Gasteiger partial charge >= 0.3 is 0 Å². The van der Waals surface area contributed by atoms with Gasteiger partial charge in [-0.25, -0.2) is 17.5 Å². The van der Waals surface area contributed by atoms with E-state index in [0.717, 1.165) is 0 Å². The van der Waals surface area contributed by atoms with Crippen LogP contribution < -0.4 is 4.72 Å². The van der Waals surface area contributed by atoms with Crippen LogP contribution in [-0.2, 0) is 16.6 Å². The molecule has 2 aromatic carbocycles. The first-order valence-corrected chi connectivity index (χ1v) is 8.65. The highest BCUT2D eigenvalue weighted by Gasteiger charge is 2.17. The van der Waals surface area contributed by atoms with Gasteiger partial charge in [-0.05, 0) is 42.3 Å². The van der Waals surface area contributed by atoms with Crippen molar-refractivity contribution in [1.82, 2.24) is 4.72 Å². The van der Waals surface area contributed by atoms with Gasteiger partial charge in [-0.3, -0.25) is 0 Å². The smallest absolute Gasteiger partial charge is 0.207 e. The highest BCUT2D eigenvalue weighted by molar-refractivity contribution is 9.10. The molecule has 0 spiro atoms. The molecule has 3 nitrogen and oxygen atoms in total. The maximum atomic E-state index is 13.4. The van der Waals surface area contributed by atoms with Gasteiger partial charge in [-0.1, -0.05) is 39.7 Å². The number of halogens is 3. The number of aryl methyl sites for hydroxylation is 1. The molecule has 1 N–H and O–H groups in total. The van der Waals surface area contributed by atoms with E-state index in [9.17, 15) is 12.8 Å². The summed E-state index contributed by atoms with van der Waals surface area (Å²) in [4.78, 5) is -0.0139. The molecule has 0 aliphatic heterocycles. The third kappa shape index (κ3) is 4.03. The van der Waals surface area contributed by atoms with Crippen LogP contribution in [0.3, 0.4) is 0 Å². The molecule has 2 rings (SSSR count). The summed E-state index contributed by atoms with van der Waals surface area (Å²) in [6, 6.07) is 9.08. The summed E-state index contributed by atoms with van der Waals surface area (Å²) in [5.41, 5.74) is 1.05. The number of hydrogen-bond donors (Lipinski definition) is 1. The molecule has 0 radical (unpaired) electrons. The van der Waals surface area contributed by atoms with Crippen molar-refractivity contribution in [2.24, 2.45) is 0 Å². The molecule has 2 aromatic rings. The normalized spacial score (nSPS) is 11.6. The highest BCUT2D eigenvalue weighted by atomic mass is 79.9. The van der Waals surface area contributed by atoms with Gasteiger partial charge in [-0.15, -0.1) is 0 Å². The van der Waals surface area contributed by atoms with E-state index < -0.39 is 10.0 Å². The number of rotatable bonds is 4. The second-order valence-corrected chi connectivity index (χ2v) is 7.54. The van der Waals surface area contributed by atoms with Crippen molar-refractivity contribution in [2.45, 2.75) is 18.4 Å². The quantitative estimate of drug-likeness (QED) is 0.854. The Bertz CT molecular complexity index is 781. The molecular weight excluding hydrogens is 381 g/mol. The van der Waals surface area contributed by atoms with Crippen LogP contribution in [0, 0.1) is 12.7 Å². The first kappa shape index (κ1) is 16.4. The second-order valence-electron chi connectivity index (χ2n) is 4.48. The Balaban J connectivity index is 2.19. The molecule has 21 heavy (non-hydrogen) atoms. The van der Waals surface area contributed by atoms with Crippen LogP contribution >= 0.6 is 27.5 Å². The third-order valence-electron chi connectivity index (χ3n) is 2.89. The Kier molecular flexibility index (Phi) is 5.03. The zero-order chi connectivity index (χ0) is 15.6. The largest absolute Gasteiger partial charge is 0.242 e. The first-order valence-electron chi connectivity index (χ1n) is 5.99. The predicted octanol–water partition coefficient (Wildman–Crippen LogP) is 4.03. The monoisotopic (exact) mass is 391 g/mol. The first-order chi connectivity index (χ1) is 9.79. The van der Waals surface area contributed by atoms with Gasteiger partial charge in [0.1, 0.15) is 10.7 Å². The number of hydrogen-bond acceptors (Lipinski definition) is 2. The van der Waals surface area contributed by atoms with Crippen LogP contribution in [0.2, 0.25) is 5.02 Å². The maximum absolute atomic E-state index is 13.4. The molecule has 0 amide bonds. The van der Waals surface area contributed by atoms with Gasteiger partial charge in [0.15, 0.2) is 0 Å². The van der Waals surface area contributed by atoms with Gasteiger partial charge in [-0.2, -0.15) is 0 Å². The van der Waals surface area contributed by atoms with E-state index >= 15 is 0 Å². The molecule has 7 heteroatoms. The number of sulfonamides is 1. The van der Waals surface area contributed by atoms with Gasteiger partial charge in [0, 0.05) is 11.0 Å². The zero-order valence-corrected chi connectivity index (χ0v) is 14.2. The predicted molar refractivity (Wildman–Crippen MR) is 84.3 cm³/mol. The van der Waals surface area contributed by atoms with E-state index in [-0.39, 0.29) is 22.3 Å². The van der Waals surface area contributed by atoms with Crippen LogP contribution in [0.25, 0.3) is 0 Å². The molecule has 0 saturated heterocycles. The minimum absolute atomic E-state index is 0.00801. The lowest BCUT2D eigenvalue weighted by molar-refractivity contribution is 0.580. The van der Waals surface area contributed by atoms with Crippen molar-refractivity contribution < 1.29 is 12.8 Å². The van der Waals surface area contributed by atoms with Crippen molar-refractivity contribution in [3.8, 4) is 0 Å². The lowest BCUT2D eigenvalue weighted by Crippen LogP contribution is -2.23. The Labute approximate surface area is 136 Å². The van der Waals surface area contributed by atoms with Crippen molar-refractivity contribution in [3.05, 3.63) is 62.8 Å². The molecule has 0 unspecified atom stereocenters. The lowest BCUT2D eigenvalue weighted by atomic mass is 10.1. The molecule has 0 aliphatic carbocycles. The van der Waals surface area contributed by atoms with Crippen molar-refractivity contribution in [3.63, 3.8) is 0 Å². The molecule has 0 atom stereocenters. The molecular formula is C14H12BrClFNO2S. The second kappa shape index (κ2) is 6.44. The van der Waals surface area contributed by atoms with Crippen molar-refractivity contribution in [1.29, 1.82) is 0 Å². The van der Waals surface area contributed by atoms with E-state index in [4.69, 9.17) is 11.6 Å². The van der Waals surface area contributed by atoms with Crippen molar-refractivity contribution in [2.75, 3.05) is 0 Å². The summed E-state index contributed by atoms with van der Waals surface area (Å²) in [6.07, 6.45) is 0. The maximum Gasteiger partial charge on any atom is 0.242 e. The van der Waals surface area contributed by atoms with Crippen LogP contribution in [0.15, 0.2) is 45.8 Å². The number of benzene rings is 2. The molecule has 0 saturated carbocycles. The standard InChI is InChI=1S/C14H12BrClFNO2S/c1-9-2-3-10(6-13(9)17)8-18-21(19,20)14-5-4-11(15)7-12(14)16/h2-7,18H,8H2,1H3. The summed E-state index contributed by atoms with van der Waals surface area (Å²) >= 11 is 9.14. The Morgan fingerprint density at radius 3 is 2.57 bits per heavy atom. The average Bonchev–Trinajstić information content (AvgIpc) is 2.40. The zero-order valence-electron chi connectivity index (χ0n) is 11.0. The summed E-state index contributed by atoms with van der Waals surface area (Å²) in [5, 5.41) is 0.118. The fourth-order valence-electron chi connectivity index (χ4n) is 1.70. The third-order valence-corrected chi connectivity index (χ3v) is 5.26. The van der Waals surface area contributed by atoms with E-state index in [1.165, 1.54) is 18.2 Å². The molecule has 0 aromatic heterocycles.